The van der Waals surface area contributed by atoms with E-state index in [-0.39, 0.29) is 27.7 Å². The lowest BCUT2D eigenvalue weighted by atomic mass is 9.96. The zero-order valence-electron chi connectivity index (χ0n) is 28.9. The molecule has 0 spiro atoms. The molecule has 4 aromatic rings. The van der Waals surface area contributed by atoms with Crippen LogP contribution in [0.3, 0.4) is 0 Å². The minimum atomic E-state index is -3.90. The van der Waals surface area contributed by atoms with Crippen molar-refractivity contribution in [3.8, 4) is 0 Å². The van der Waals surface area contributed by atoms with E-state index in [1.807, 2.05) is 11.1 Å². The van der Waals surface area contributed by atoms with E-state index in [1.54, 1.807) is 21.4 Å². The van der Waals surface area contributed by atoms with Gasteiger partial charge < -0.3 is 34.6 Å². The second kappa shape index (κ2) is 15.1. The van der Waals surface area contributed by atoms with Crippen LogP contribution in [0.5, 0.6) is 0 Å². The molecule has 3 fully saturated rings. The summed E-state index contributed by atoms with van der Waals surface area (Å²) >= 11 is 1.12. The molecule has 5 atom stereocenters. The largest absolute Gasteiger partial charge is 0.477 e. The molecule has 286 valence electrons. The monoisotopic (exact) mass is 775 g/mol. The van der Waals surface area contributed by atoms with E-state index in [1.165, 1.54) is 25.3 Å². The molecule has 2 aliphatic heterocycles. The molecule has 1 saturated carbocycles. The van der Waals surface area contributed by atoms with Crippen molar-refractivity contribution in [2.45, 2.75) is 79.9 Å². The second-order valence-electron chi connectivity index (χ2n) is 13.9. The average molecular weight is 776 g/mol. The van der Waals surface area contributed by atoms with Crippen LogP contribution < -0.4 is 15.1 Å². The third kappa shape index (κ3) is 8.02. The van der Waals surface area contributed by atoms with Crippen molar-refractivity contribution in [3.63, 3.8) is 0 Å². The fourth-order valence-electron chi connectivity index (χ4n) is 6.89. The molecule has 0 amide bonds. The molecule has 5 N–H and O–H groups in total. The van der Waals surface area contributed by atoms with Crippen molar-refractivity contribution in [2.75, 3.05) is 44.2 Å². The molecule has 1 aromatic carbocycles. The van der Waals surface area contributed by atoms with Gasteiger partial charge >= 0.3 is 5.97 Å². The number of sulfonamides is 1. The first-order valence-corrected chi connectivity index (χ1v) is 19.8. The van der Waals surface area contributed by atoms with Gasteiger partial charge in [-0.2, -0.15) is 0 Å². The Morgan fingerprint density at radius 1 is 1.04 bits per heavy atom. The molecule has 0 bridgehead atoms. The van der Waals surface area contributed by atoms with Gasteiger partial charge in [-0.1, -0.05) is 5.21 Å². The second-order valence-corrected chi connectivity index (χ2v) is 17.0. The maximum Gasteiger partial charge on any atom is 0.341 e. The predicted octanol–water partition coefficient (Wildman–Crippen LogP) is 0.582. The van der Waals surface area contributed by atoms with Crippen LogP contribution in [0.4, 0.5) is 10.1 Å². The number of nitrogens with zero attached hydrogens (tertiary/aromatic N) is 6. The van der Waals surface area contributed by atoms with Gasteiger partial charge in [0.1, 0.15) is 40.0 Å². The number of carboxylic acids is 1. The number of pyridine rings is 1. The minimum Gasteiger partial charge on any atom is -0.477 e. The Hall–Kier alpha value is -3.82. The molecular weight excluding hydrogens is 734 g/mol. The number of aliphatic hydroxyl groups excluding tert-OH is 3. The molecule has 3 aliphatic rings. The number of hydrogen-bond acceptors (Lipinski definition) is 13. The quantitative estimate of drug-likeness (QED) is 0.126. The van der Waals surface area contributed by atoms with Crippen LogP contribution in [0.1, 0.15) is 46.7 Å². The Morgan fingerprint density at radius 2 is 1.79 bits per heavy atom. The van der Waals surface area contributed by atoms with E-state index >= 15 is 4.39 Å². The average Bonchev–Trinajstić information content (AvgIpc) is 3.67. The molecule has 3 aromatic heterocycles. The van der Waals surface area contributed by atoms with Gasteiger partial charge in [-0.3, -0.25) is 14.4 Å². The van der Waals surface area contributed by atoms with Gasteiger partial charge in [0, 0.05) is 87.4 Å². The van der Waals surface area contributed by atoms with E-state index in [0.717, 1.165) is 41.3 Å². The molecule has 5 heterocycles. The molecule has 7 rings (SSSR count). The van der Waals surface area contributed by atoms with Gasteiger partial charge in [0.2, 0.25) is 15.5 Å². The Morgan fingerprint density at radius 3 is 2.51 bits per heavy atom. The number of rotatable bonds is 13. The first-order valence-electron chi connectivity index (χ1n) is 17.5. The maximum absolute atomic E-state index is 15.4. The van der Waals surface area contributed by atoms with Crippen LogP contribution in [-0.4, -0.2) is 129 Å². The van der Waals surface area contributed by atoms with Crippen LogP contribution in [0, 0.1) is 5.82 Å². The molecule has 53 heavy (non-hydrogen) atoms. The number of carbonyl (C=O) groups is 1. The fraction of sp³-hybridized carbons (Fsp3) is 0.529. The third-order valence-corrected chi connectivity index (χ3v) is 13.2. The molecule has 2 saturated heterocycles. The van der Waals surface area contributed by atoms with Gasteiger partial charge in [0.05, 0.1) is 23.0 Å². The Balaban J connectivity index is 0.886. The van der Waals surface area contributed by atoms with E-state index in [4.69, 9.17) is 4.74 Å². The Labute approximate surface area is 308 Å². The van der Waals surface area contributed by atoms with Crippen molar-refractivity contribution < 1.29 is 42.8 Å². The van der Waals surface area contributed by atoms with Crippen molar-refractivity contribution >= 4 is 43.9 Å². The van der Waals surface area contributed by atoms with Gasteiger partial charge in [0.25, 0.3) is 0 Å². The standard InChI is InChI=1S/C34H42FN7O9S2/c1-19-30(43)33(46)32(45)28(51-19)16-36-53(49,50)29-5-4-22(52-29)7-9-41-17-20(37-38-41)6-8-39-10-12-40(13-11-39)27-15-26-23(14-25(27)35)31(44)24(34(47)48)18-42(26)21-2-3-21/h4-5,14-15,17-19,21,28,30,32-33,36,43,45-46H,2-3,6-13,16H2,1H3,(H,47,48)/t19-,28+,30+,32+,33+/m0/s1. The van der Waals surface area contributed by atoms with Crippen molar-refractivity contribution in [1.82, 2.24) is 29.2 Å². The molecule has 16 nitrogen and oxygen atoms in total. The number of hydrogen-bond donors (Lipinski definition) is 5. The molecule has 1 aliphatic carbocycles. The number of ether oxygens (including phenoxy) is 1. The normalized spacial score (nSPS) is 24.2. The first kappa shape index (κ1) is 37.5. The summed E-state index contributed by atoms with van der Waals surface area (Å²) in [5, 5.41) is 48.2. The lowest BCUT2D eigenvalue weighted by Crippen LogP contribution is -2.59. The summed E-state index contributed by atoms with van der Waals surface area (Å²) in [6.45, 7) is 5.01. The lowest BCUT2D eigenvalue weighted by Gasteiger charge is -2.39. The fourth-order valence-corrected chi connectivity index (χ4v) is 9.32. The number of thiophene rings is 1. The highest BCUT2D eigenvalue weighted by molar-refractivity contribution is 7.91. The Bertz CT molecular complexity index is 2150. The number of aliphatic hydroxyl groups is 3. The number of fused-ring (bicyclic) bond motifs is 1. The van der Waals surface area contributed by atoms with Gasteiger partial charge in [-0.15, -0.1) is 16.4 Å². The van der Waals surface area contributed by atoms with Crippen molar-refractivity contribution in [1.29, 1.82) is 0 Å². The highest BCUT2D eigenvalue weighted by Gasteiger charge is 2.42. The van der Waals surface area contributed by atoms with Crippen LogP contribution in [-0.2, 0) is 34.1 Å². The van der Waals surface area contributed by atoms with E-state index in [0.29, 0.717) is 56.8 Å². The number of benzene rings is 1. The number of piperazine rings is 1. The number of carboxylic acid groups (broad SMARTS) is 1. The number of anilines is 1. The predicted molar refractivity (Wildman–Crippen MR) is 191 cm³/mol. The van der Waals surface area contributed by atoms with Gasteiger partial charge in [-0.25, -0.2) is 22.3 Å². The lowest BCUT2D eigenvalue weighted by molar-refractivity contribution is -0.214. The number of halogens is 1. The van der Waals surface area contributed by atoms with Crippen LogP contribution >= 0.6 is 11.3 Å². The third-order valence-electron chi connectivity index (χ3n) is 10.2. The first-order chi connectivity index (χ1) is 25.3. The molecular formula is C34H42FN7O9S2. The van der Waals surface area contributed by atoms with Crippen molar-refractivity contribution in [3.05, 3.63) is 68.8 Å². The number of aromatic carboxylic acids is 1. The summed E-state index contributed by atoms with van der Waals surface area (Å²) < 4.78 is 52.7. The van der Waals surface area contributed by atoms with Crippen molar-refractivity contribution in [2.24, 2.45) is 0 Å². The van der Waals surface area contributed by atoms with E-state index in [9.17, 15) is 38.4 Å². The van der Waals surface area contributed by atoms with Crippen LogP contribution in [0.25, 0.3) is 10.9 Å². The molecule has 0 radical (unpaired) electrons. The summed E-state index contributed by atoms with van der Waals surface area (Å²) in [5.41, 5.74) is 0.725. The van der Waals surface area contributed by atoms with E-state index in [2.05, 4.69) is 19.9 Å². The summed E-state index contributed by atoms with van der Waals surface area (Å²) in [5.74, 6) is -1.87. The number of aryl methyl sites for hydroxylation is 2. The highest BCUT2D eigenvalue weighted by Crippen LogP contribution is 2.38. The summed E-state index contributed by atoms with van der Waals surface area (Å²) in [6, 6.07) is 6.19. The van der Waals surface area contributed by atoms with Gasteiger partial charge in [0.15, 0.2) is 0 Å². The highest BCUT2D eigenvalue weighted by atomic mass is 32.2. The summed E-state index contributed by atoms with van der Waals surface area (Å²) in [6.07, 6.45) is 0.250. The van der Waals surface area contributed by atoms with Crippen LogP contribution in [0.2, 0.25) is 0 Å². The van der Waals surface area contributed by atoms with Crippen LogP contribution in [0.15, 0.2) is 45.7 Å². The topological polar surface area (TPSA) is 213 Å². The molecule has 0 unspecified atom stereocenters. The maximum atomic E-state index is 15.4. The van der Waals surface area contributed by atoms with Gasteiger partial charge in [-0.05, 0) is 44.0 Å². The smallest absolute Gasteiger partial charge is 0.341 e. The zero-order valence-corrected chi connectivity index (χ0v) is 30.5. The summed E-state index contributed by atoms with van der Waals surface area (Å²) in [4.78, 5) is 29.5. The molecule has 19 heteroatoms. The summed E-state index contributed by atoms with van der Waals surface area (Å²) in [7, 11) is -3.90. The zero-order chi connectivity index (χ0) is 37.6. The Kier molecular flexibility index (Phi) is 10.7. The van der Waals surface area contributed by atoms with E-state index < -0.39 is 57.8 Å². The SMILES string of the molecule is C[C@@H]1O[C@H](CNS(=O)(=O)c2ccc(CCn3cc(CCN4CCN(c5cc6c(cc5F)c(=O)c(C(=O)O)cn6C5CC5)CC4)nn3)s2)[C@@H](O)[C@H](O)[C@@H]1O. The number of aromatic nitrogens is 4. The minimum absolute atomic E-state index is 0.0780. The number of nitrogens with one attached hydrogen (secondary N) is 1.